The van der Waals surface area contributed by atoms with E-state index in [-0.39, 0.29) is 25.7 Å². The number of imidazole rings is 1. The van der Waals surface area contributed by atoms with Crippen LogP contribution >= 0.6 is 0 Å². The van der Waals surface area contributed by atoms with Gasteiger partial charge in [-0.3, -0.25) is 29.4 Å². The molecule has 5 atom stereocenters. The van der Waals surface area contributed by atoms with E-state index in [2.05, 4.69) is 41.6 Å². The molecule has 0 saturated carbocycles. The summed E-state index contributed by atoms with van der Waals surface area (Å²) in [6.45, 7) is 0.541. The monoisotopic (exact) mass is 888 g/mol. The maximum absolute atomic E-state index is 15.1. The first-order valence-electron chi connectivity index (χ1n) is 20.4. The van der Waals surface area contributed by atoms with Gasteiger partial charge in [0.05, 0.1) is 18.9 Å². The molecule has 13 N–H and O–H groups in total. The fourth-order valence-electron chi connectivity index (χ4n) is 6.72. The highest BCUT2D eigenvalue weighted by Crippen LogP contribution is 2.20. The van der Waals surface area contributed by atoms with Crippen LogP contribution in [0.1, 0.15) is 48.6 Å². The molecule has 7 amide bonds. The van der Waals surface area contributed by atoms with Crippen LogP contribution in [0.15, 0.2) is 85.5 Å². The van der Waals surface area contributed by atoms with Crippen molar-refractivity contribution in [3.63, 3.8) is 0 Å². The molecule has 2 aromatic heterocycles. The first-order valence-corrected chi connectivity index (χ1v) is 20.4. The SMILES string of the molecule is C[C@H](NC(=O)[C@@H](Cc1c[nH]c2ccccc12)NC(=O)[C@@H](N)Cc1cnc[nH]1)C(=O)NN(Cc1c(F)cc(F)cc1F)C(=O)N[C@H](Cc1ccccc1)C(=O)N[C@@H](CCCCN)C(N)=O. The number of hydrogen-bond donors (Lipinski definition) is 10. The predicted octanol–water partition coefficient (Wildman–Crippen LogP) is 1.36. The van der Waals surface area contributed by atoms with Gasteiger partial charge >= 0.3 is 6.03 Å². The first-order chi connectivity index (χ1) is 30.6. The number of hydrazine groups is 1. The zero-order chi connectivity index (χ0) is 46.3. The average Bonchev–Trinajstić information content (AvgIpc) is 3.93. The van der Waals surface area contributed by atoms with Gasteiger partial charge in [0.25, 0.3) is 5.91 Å². The molecule has 21 heteroatoms. The van der Waals surface area contributed by atoms with Crippen LogP contribution < -0.4 is 43.9 Å². The highest BCUT2D eigenvalue weighted by molar-refractivity contribution is 5.95. The summed E-state index contributed by atoms with van der Waals surface area (Å²) in [5.41, 5.74) is 21.2. The molecule has 0 saturated heterocycles. The molecule has 0 aliphatic heterocycles. The Morgan fingerprint density at radius 1 is 0.766 bits per heavy atom. The van der Waals surface area contributed by atoms with Crippen molar-refractivity contribution < 1.29 is 41.9 Å². The number of nitrogens with one attached hydrogen (secondary N) is 7. The molecule has 0 aliphatic rings. The number of amides is 7. The Bertz CT molecular complexity index is 2380. The summed E-state index contributed by atoms with van der Waals surface area (Å²) < 4.78 is 44.1. The predicted molar refractivity (Wildman–Crippen MR) is 228 cm³/mol. The standard InChI is InChI=1S/C43H51F3N12O6/c1-24(53-41(62)37(16-26-20-51-34-12-6-5-11-29(26)34)55-40(61)33(48)19-28-21-50-23-52-28)39(60)57-58(22-30-31(45)17-27(44)18-32(30)46)43(64)56-36(15-25-9-3-2-4-10-25)42(63)54-35(38(49)59)13-7-8-14-47/h2-6,9-12,17-18,20-21,23-24,33,35-37,51H,7-8,13-16,19,22,47-48H2,1H3,(H2,49,59)(H,50,52)(H,53,62)(H,54,63)(H,55,61)(H,56,64)(H,57,60)/t24-,33-,35-,36+,37+/m0/s1. The fraction of sp³-hybridized carbons (Fsp3) is 0.326. The van der Waals surface area contributed by atoms with E-state index < -0.39 is 95.3 Å². The summed E-state index contributed by atoms with van der Waals surface area (Å²) in [6.07, 6.45) is 5.56. The maximum Gasteiger partial charge on any atom is 0.337 e. The minimum Gasteiger partial charge on any atom is -0.368 e. The van der Waals surface area contributed by atoms with Gasteiger partial charge in [-0.2, -0.15) is 0 Å². The van der Waals surface area contributed by atoms with Gasteiger partial charge in [0.15, 0.2) is 0 Å². The van der Waals surface area contributed by atoms with Gasteiger partial charge in [-0.15, -0.1) is 0 Å². The molecule has 2 heterocycles. The van der Waals surface area contributed by atoms with E-state index >= 15 is 8.78 Å². The molecule has 5 aromatic rings. The summed E-state index contributed by atoms with van der Waals surface area (Å²) in [5, 5.41) is 11.4. The second-order valence-electron chi connectivity index (χ2n) is 15.1. The minimum atomic E-state index is -1.49. The van der Waals surface area contributed by atoms with Crippen molar-refractivity contribution in [1.82, 2.24) is 46.7 Å². The number of urea groups is 1. The van der Waals surface area contributed by atoms with Crippen molar-refractivity contribution in [2.45, 2.75) is 82.2 Å². The molecule has 18 nitrogen and oxygen atoms in total. The number of primary amides is 1. The number of halogens is 3. The Morgan fingerprint density at radius 2 is 1.42 bits per heavy atom. The zero-order valence-corrected chi connectivity index (χ0v) is 34.8. The molecule has 0 aliphatic carbocycles. The quantitative estimate of drug-likeness (QED) is 0.0376. The molecule has 64 heavy (non-hydrogen) atoms. The molecule has 5 rings (SSSR count). The maximum atomic E-state index is 15.1. The largest absolute Gasteiger partial charge is 0.368 e. The highest BCUT2D eigenvalue weighted by Gasteiger charge is 2.32. The molecular weight excluding hydrogens is 838 g/mol. The molecular formula is C43H51F3N12O6. The van der Waals surface area contributed by atoms with E-state index in [9.17, 15) is 33.2 Å². The van der Waals surface area contributed by atoms with Gasteiger partial charge < -0.3 is 48.4 Å². The van der Waals surface area contributed by atoms with Crippen molar-refractivity contribution in [3.05, 3.63) is 125 Å². The van der Waals surface area contributed by atoms with E-state index in [1.807, 2.05) is 18.2 Å². The van der Waals surface area contributed by atoms with Gasteiger partial charge in [0.1, 0.15) is 41.6 Å². The number of nitrogens with two attached hydrogens (primary N) is 3. The minimum absolute atomic E-state index is 0.0567. The van der Waals surface area contributed by atoms with Crippen molar-refractivity contribution in [2.75, 3.05) is 6.54 Å². The third kappa shape index (κ3) is 13.4. The molecule has 0 bridgehead atoms. The number of fused-ring (bicyclic) bond motifs is 1. The lowest BCUT2D eigenvalue weighted by molar-refractivity contribution is -0.133. The van der Waals surface area contributed by atoms with E-state index in [0.29, 0.717) is 53.3 Å². The number of benzene rings is 3. The van der Waals surface area contributed by atoms with Crippen LogP contribution in [0.3, 0.4) is 0 Å². The van der Waals surface area contributed by atoms with Crippen LogP contribution in [0, 0.1) is 17.5 Å². The Hall–Kier alpha value is -7.26. The van der Waals surface area contributed by atoms with Crippen LogP contribution in [0.5, 0.6) is 0 Å². The number of hydrogen-bond acceptors (Lipinski definition) is 9. The second-order valence-corrected chi connectivity index (χ2v) is 15.1. The normalized spacial score (nSPS) is 13.5. The highest BCUT2D eigenvalue weighted by atomic mass is 19.1. The number of nitrogens with zero attached hydrogens (tertiary/aromatic N) is 2. The van der Waals surface area contributed by atoms with Gasteiger partial charge in [0, 0.05) is 65.9 Å². The van der Waals surface area contributed by atoms with Crippen molar-refractivity contribution >= 4 is 46.5 Å². The summed E-state index contributed by atoms with van der Waals surface area (Å²) in [5.74, 6) is -8.35. The Kier molecular flexibility index (Phi) is 17.0. The molecule has 0 fully saturated rings. The summed E-state index contributed by atoms with van der Waals surface area (Å²) in [4.78, 5) is 91.1. The summed E-state index contributed by atoms with van der Waals surface area (Å²) in [6, 6.07) is 8.65. The van der Waals surface area contributed by atoms with Crippen molar-refractivity contribution in [3.8, 4) is 0 Å². The number of carbonyl (C=O) groups is 6. The molecule has 0 radical (unpaired) electrons. The van der Waals surface area contributed by atoms with E-state index in [1.54, 1.807) is 42.6 Å². The lowest BCUT2D eigenvalue weighted by Crippen LogP contribution is -2.60. The summed E-state index contributed by atoms with van der Waals surface area (Å²) >= 11 is 0. The van der Waals surface area contributed by atoms with Crippen LogP contribution in [-0.2, 0) is 49.8 Å². The Morgan fingerprint density at radius 3 is 2.09 bits per heavy atom. The molecule has 340 valence electrons. The van der Waals surface area contributed by atoms with E-state index in [1.165, 1.54) is 19.4 Å². The van der Waals surface area contributed by atoms with Gasteiger partial charge in [-0.05, 0) is 49.9 Å². The number of aromatic amines is 2. The van der Waals surface area contributed by atoms with Crippen molar-refractivity contribution in [1.29, 1.82) is 0 Å². The van der Waals surface area contributed by atoms with Crippen LogP contribution in [0.25, 0.3) is 10.9 Å². The van der Waals surface area contributed by atoms with Crippen LogP contribution in [0.4, 0.5) is 18.0 Å². The smallest absolute Gasteiger partial charge is 0.337 e. The van der Waals surface area contributed by atoms with E-state index in [4.69, 9.17) is 17.2 Å². The van der Waals surface area contributed by atoms with Gasteiger partial charge in [-0.1, -0.05) is 48.5 Å². The van der Waals surface area contributed by atoms with Gasteiger partial charge in [-0.25, -0.2) is 28.0 Å². The molecule has 0 spiro atoms. The number of carbonyl (C=O) groups excluding carboxylic acids is 6. The molecule has 3 aromatic carbocycles. The third-order valence-electron chi connectivity index (χ3n) is 10.2. The zero-order valence-electron chi connectivity index (χ0n) is 34.8. The Balaban J connectivity index is 1.38. The van der Waals surface area contributed by atoms with Gasteiger partial charge in [0.2, 0.25) is 23.6 Å². The number of H-pyrrole nitrogens is 2. The number of rotatable bonds is 21. The second kappa shape index (κ2) is 22.7. The first kappa shape index (κ1) is 47.8. The Labute approximate surface area is 365 Å². The van der Waals surface area contributed by atoms with Crippen LogP contribution in [-0.4, -0.2) is 92.3 Å². The number of aromatic nitrogens is 3. The molecule has 0 unspecified atom stereocenters. The third-order valence-corrected chi connectivity index (χ3v) is 10.2. The lowest BCUT2D eigenvalue weighted by atomic mass is 10.0. The number of para-hydroxylation sites is 1. The summed E-state index contributed by atoms with van der Waals surface area (Å²) in [7, 11) is 0. The lowest BCUT2D eigenvalue weighted by Gasteiger charge is -2.29. The number of unbranched alkanes of at least 4 members (excludes halogenated alkanes) is 1. The van der Waals surface area contributed by atoms with Crippen LogP contribution in [0.2, 0.25) is 0 Å². The van der Waals surface area contributed by atoms with E-state index in [0.717, 1.165) is 10.9 Å². The topological polar surface area (TPSA) is 288 Å². The fourth-order valence-corrected chi connectivity index (χ4v) is 6.72. The van der Waals surface area contributed by atoms with Crippen molar-refractivity contribution in [2.24, 2.45) is 17.2 Å². The average molecular weight is 889 g/mol.